The molecule has 1 aliphatic rings. The van der Waals surface area contributed by atoms with Gasteiger partial charge in [-0.1, -0.05) is 12.1 Å². The minimum Gasteiger partial charge on any atom is -0.504 e. The van der Waals surface area contributed by atoms with E-state index in [-0.39, 0.29) is 18.0 Å². The van der Waals surface area contributed by atoms with Crippen molar-refractivity contribution in [2.75, 3.05) is 26.2 Å². The van der Waals surface area contributed by atoms with Crippen molar-refractivity contribution >= 4 is 12.4 Å². The molecule has 0 amide bonds. The Balaban J connectivity index is 0.00000220. The molecule has 0 bridgehead atoms. The average molecular weight is 327 g/mol. The maximum atomic E-state index is 12.8. The monoisotopic (exact) mass is 326 g/mol. The molecule has 1 fully saturated rings. The second kappa shape index (κ2) is 7.20. The van der Waals surface area contributed by atoms with Gasteiger partial charge in [-0.3, -0.25) is 4.90 Å². The van der Waals surface area contributed by atoms with E-state index in [1.807, 2.05) is 0 Å². The SMILES string of the molecule is Cl.Oc1cccc([C@H](CC(F)(F)F)N2CCNCC2)c1O. The predicted molar refractivity (Wildman–Crippen MR) is 74.9 cm³/mol. The maximum absolute atomic E-state index is 12.8. The number of alkyl halides is 3. The van der Waals surface area contributed by atoms with Crippen LogP contribution in [0, 0.1) is 0 Å². The number of phenolic OH excluding ortho intramolecular Hbond substituents is 2. The summed E-state index contributed by atoms with van der Waals surface area (Å²) in [6, 6.07) is 3.13. The lowest BCUT2D eigenvalue weighted by atomic mass is 9.99. The molecule has 3 N–H and O–H groups in total. The molecule has 1 atom stereocenters. The number of phenols is 2. The Morgan fingerprint density at radius 3 is 2.38 bits per heavy atom. The predicted octanol–water partition coefficient (Wildman–Crippen LogP) is 2.42. The first-order chi connectivity index (χ1) is 9.38. The molecule has 0 spiro atoms. The van der Waals surface area contributed by atoms with Gasteiger partial charge in [-0.05, 0) is 6.07 Å². The number of nitrogens with one attached hydrogen (secondary N) is 1. The van der Waals surface area contributed by atoms with Gasteiger partial charge >= 0.3 is 6.18 Å². The maximum Gasteiger partial charge on any atom is 0.390 e. The number of hydrogen-bond donors (Lipinski definition) is 3. The van der Waals surface area contributed by atoms with Crippen LogP contribution in [0.5, 0.6) is 11.5 Å². The summed E-state index contributed by atoms with van der Waals surface area (Å²) in [6.45, 7) is 2.15. The van der Waals surface area contributed by atoms with E-state index < -0.39 is 30.1 Å². The van der Waals surface area contributed by atoms with Crippen LogP contribution in [0.15, 0.2) is 18.2 Å². The van der Waals surface area contributed by atoms with Crippen molar-refractivity contribution in [2.45, 2.75) is 18.6 Å². The third kappa shape index (κ3) is 4.66. The number of para-hydroxylation sites is 1. The van der Waals surface area contributed by atoms with E-state index in [4.69, 9.17) is 0 Å². The number of nitrogens with zero attached hydrogens (tertiary/aromatic N) is 1. The molecule has 1 aromatic carbocycles. The Bertz CT molecular complexity index is 465. The van der Waals surface area contributed by atoms with Gasteiger partial charge in [-0.25, -0.2) is 0 Å². The van der Waals surface area contributed by atoms with Crippen molar-refractivity contribution in [1.82, 2.24) is 10.2 Å². The molecule has 0 unspecified atom stereocenters. The summed E-state index contributed by atoms with van der Waals surface area (Å²) in [5.74, 6) is -0.870. The lowest BCUT2D eigenvalue weighted by Gasteiger charge is -2.35. The molecule has 4 nitrogen and oxygen atoms in total. The van der Waals surface area contributed by atoms with Gasteiger partial charge < -0.3 is 15.5 Å². The van der Waals surface area contributed by atoms with Crippen molar-refractivity contribution in [1.29, 1.82) is 0 Å². The van der Waals surface area contributed by atoms with E-state index in [1.165, 1.54) is 18.2 Å². The molecular weight excluding hydrogens is 309 g/mol. The van der Waals surface area contributed by atoms with Crippen LogP contribution in [0.1, 0.15) is 18.0 Å². The fraction of sp³-hybridized carbons (Fsp3) is 0.538. The van der Waals surface area contributed by atoms with Gasteiger partial charge in [-0.15, -0.1) is 12.4 Å². The van der Waals surface area contributed by atoms with Crippen molar-refractivity contribution in [3.63, 3.8) is 0 Å². The van der Waals surface area contributed by atoms with Crippen LogP contribution in [0.3, 0.4) is 0 Å². The number of rotatable bonds is 3. The summed E-state index contributed by atoms with van der Waals surface area (Å²) in [5, 5.41) is 22.4. The van der Waals surface area contributed by atoms with E-state index in [2.05, 4.69) is 5.32 Å². The van der Waals surface area contributed by atoms with E-state index in [0.717, 1.165) is 0 Å². The molecule has 8 heteroatoms. The lowest BCUT2D eigenvalue weighted by molar-refractivity contribution is -0.148. The smallest absolute Gasteiger partial charge is 0.390 e. The zero-order valence-electron chi connectivity index (χ0n) is 11.2. The summed E-state index contributed by atoms with van der Waals surface area (Å²) in [6.07, 6.45) is -5.39. The fourth-order valence-electron chi connectivity index (χ4n) is 2.47. The highest BCUT2D eigenvalue weighted by molar-refractivity contribution is 5.85. The number of halogens is 4. The zero-order valence-corrected chi connectivity index (χ0v) is 12.0. The van der Waals surface area contributed by atoms with Gasteiger partial charge in [0.1, 0.15) is 0 Å². The van der Waals surface area contributed by atoms with Crippen molar-refractivity contribution < 1.29 is 23.4 Å². The van der Waals surface area contributed by atoms with Crippen LogP contribution >= 0.6 is 12.4 Å². The van der Waals surface area contributed by atoms with E-state index in [1.54, 1.807) is 4.90 Å². The van der Waals surface area contributed by atoms with E-state index in [0.29, 0.717) is 26.2 Å². The van der Waals surface area contributed by atoms with Gasteiger partial charge in [0.2, 0.25) is 0 Å². The van der Waals surface area contributed by atoms with Crippen molar-refractivity contribution in [3.05, 3.63) is 23.8 Å². The first kappa shape index (κ1) is 17.9. The van der Waals surface area contributed by atoms with Gasteiger partial charge in [-0.2, -0.15) is 13.2 Å². The topological polar surface area (TPSA) is 55.7 Å². The number of piperazine rings is 1. The summed E-state index contributed by atoms with van der Waals surface area (Å²) in [7, 11) is 0. The van der Waals surface area contributed by atoms with Crippen LogP contribution in [0.25, 0.3) is 0 Å². The molecule has 1 aliphatic heterocycles. The molecule has 1 heterocycles. The third-order valence-corrected chi connectivity index (χ3v) is 3.42. The molecule has 1 aromatic rings. The highest BCUT2D eigenvalue weighted by Gasteiger charge is 2.37. The largest absolute Gasteiger partial charge is 0.504 e. The van der Waals surface area contributed by atoms with Crippen LogP contribution in [-0.4, -0.2) is 47.5 Å². The Kier molecular flexibility index (Phi) is 6.12. The second-order valence-electron chi connectivity index (χ2n) is 4.84. The van der Waals surface area contributed by atoms with Gasteiger partial charge in [0.05, 0.1) is 6.42 Å². The molecular formula is C13H18ClF3N2O2. The molecule has 0 aliphatic carbocycles. The molecule has 2 rings (SSSR count). The molecule has 0 saturated carbocycles. The minimum absolute atomic E-state index is 0. The van der Waals surface area contributed by atoms with Crippen molar-refractivity contribution in [2.24, 2.45) is 0 Å². The molecule has 0 aromatic heterocycles. The fourth-order valence-corrected chi connectivity index (χ4v) is 2.47. The Morgan fingerprint density at radius 1 is 1.19 bits per heavy atom. The quantitative estimate of drug-likeness (QED) is 0.747. The Morgan fingerprint density at radius 2 is 1.81 bits per heavy atom. The Labute approximate surface area is 127 Å². The van der Waals surface area contributed by atoms with Crippen molar-refractivity contribution in [3.8, 4) is 11.5 Å². The molecule has 0 radical (unpaired) electrons. The van der Waals surface area contributed by atoms with Crippen LogP contribution < -0.4 is 5.32 Å². The Hall–Kier alpha value is -1.18. The van der Waals surface area contributed by atoms with E-state index in [9.17, 15) is 23.4 Å². The second-order valence-corrected chi connectivity index (χ2v) is 4.84. The summed E-state index contributed by atoms with van der Waals surface area (Å²) >= 11 is 0. The zero-order chi connectivity index (χ0) is 14.8. The number of hydrogen-bond acceptors (Lipinski definition) is 4. The van der Waals surface area contributed by atoms with Gasteiger partial charge in [0, 0.05) is 37.8 Å². The minimum atomic E-state index is -4.34. The molecule has 21 heavy (non-hydrogen) atoms. The third-order valence-electron chi connectivity index (χ3n) is 3.42. The highest BCUT2D eigenvalue weighted by Crippen LogP contribution is 2.40. The standard InChI is InChI=1S/C13H17F3N2O2.ClH/c14-13(15,16)8-10(18-6-4-17-5-7-18)9-2-1-3-11(19)12(9)20;/h1-3,10,17,19-20H,4-8H2;1H/t10-;/m0./s1. The van der Waals surface area contributed by atoms with Gasteiger partial charge in [0.25, 0.3) is 0 Å². The highest BCUT2D eigenvalue weighted by atomic mass is 35.5. The average Bonchev–Trinajstić information content (AvgIpc) is 2.40. The summed E-state index contributed by atoms with van der Waals surface area (Å²) < 4.78 is 38.4. The van der Waals surface area contributed by atoms with Gasteiger partial charge in [0.15, 0.2) is 11.5 Å². The number of benzene rings is 1. The summed E-state index contributed by atoms with van der Waals surface area (Å²) in [5.41, 5.74) is 0.115. The van der Waals surface area contributed by atoms with Crippen LogP contribution in [0.2, 0.25) is 0 Å². The summed E-state index contributed by atoms with van der Waals surface area (Å²) in [4.78, 5) is 1.68. The number of aromatic hydroxyl groups is 2. The van der Waals surface area contributed by atoms with Crippen LogP contribution in [0.4, 0.5) is 13.2 Å². The van der Waals surface area contributed by atoms with E-state index >= 15 is 0 Å². The first-order valence-electron chi connectivity index (χ1n) is 6.41. The molecule has 120 valence electrons. The molecule has 1 saturated heterocycles. The normalized spacial score (nSPS) is 18.0. The lowest BCUT2D eigenvalue weighted by Crippen LogP contribution is -2.46. The van der Waals surface area contributed by atoms with Crippen LogP contribution in [-0.2, 0) is 0 Å². The first-order valence-corrected chi connectivity index (χ1v) is 6.41.